The molecule has 0 radical (unpaired) electrons. The molecule has 0 bridgehead atoms. The van der Waals surface area contributed by atoms with E-state index in [0.717, 1.165) is 61.3 Å². The summed E-state index contributed by atoms with van der Waals surface area (Å²) < 4.78 is 9.24. The van der Waals surface area contributed by atoms with Gasteiger partial charge in [0.05, 0.1) is 11.0 Å². The Bertz CT molecular complexity index is 3430. The van der Waals surface area contributed by atoms with Crippen molar-refractivity contribution < 1.29 is 4.42 Å². The Kier molecular flexibility index (Phi) is 7.58. The second kappa shape index (κ2) is 13.2. The fourth-order valence-electron chi connectivity index (χ4n) is 9.92. The number of anilines is 3. The molecule has 2 aromatic heterocycles. The Balaban J connectivity index is 1.05. The van der Waals surface area contributed by atoms with Gasteiger partial charge in [0.2, 0.25) is 0 Å². The van der Waals surface area contributed by atoms with Crippen LogP contribution in [-0.2, 0) is 5.41 Å². The molecule has 3 heteroatoms. The summed E-state index contributed by atoms with van der Waals surface area (Å²) in [5, 5.41) is 4.69. The van der Waals surface area contributed by atoms with Crippen LogP contribution < -0.4 is 4.90 Å². The van der Waals surface area contributed by atoms with Crippen molar-refractivity contribution in [2.75, 3.05) is 4.90 Å². The lowest BCUT2D eigenvalue weighted by Gasteiger charge is -2.28. The fourth-order valence-corrected chi connectivity index (χ4v) is 9.92. The third-order valence-corrected chi connectivity index (χ3v) is 12.8. The third-order valence-electron chi connectivity index (χ3n) is 12.8. The maximum Gasteiger partial charge on any atom is 0.144 e. The zero-order valence-corrected chi connectivity index (χ0v) is 33.4. The molecule has 11 aromatic rings. The van der Waals surface area contributed by atoms with Crippen molar-refractivity contribution in [1.82, 2.24) is 4.57 Å². The van der Waals surface area contributed by atoms with Gasteiger partial charge in [-0.3, -0.25) is 0 Å². The average molecular weight is 769 g/mol. The predicted octanol–water partition coefficient (Wildman–Crippen LogP) is 15.8. The molecule has 0 N–H and O–H groups in total. The first-order chi connectivity index (χ1) is 29.5. The van der Waals surface area contributed by atoms with Crippen molar-refractivity contribution in [3.8, 4) is 39.1 Å². The first-order valence-corrected chi connectivity index (χ1v) is 20.8. The number of para-hydroxylation sites is 3. The van der Waals surface area contributed by atoms with Gasteiger partial charge >= 0.3 is 0 Å². The molecule has 0 amide bonds. The van der Waals surface area contributed by atoms with Crippen LogP contribution in [-0.4, -0.2) is 4.57 Å². The first kappa shape index (κ1) is 34.4. The van der Waals surface area contributed by atoms with E-state index in [2.05, 4.69) is 230 Å². The van der Waals surface area contributed by atoms with Crippen molar-refractivity contribution in [2.24, 2.45) is 0 Å². The summed E-state index contributed by atoms with van der Waals surface area (Å²) in [4.78, 5) is 2.39. The van der Waals surface area contributed by atoms with E-state index in [1.807, 2.05) is 0 Å². The second-order valence-electron chi connectivity index (χ2n) is 16.5. The van der Waals surface area contributed by atoms with Crippen LogP contribution in [0.1, 0.15) is 25.0 Å². The highest BCUT2D eigenvalue weighted by atomic mass is 16.3. The van der Waals surface area contributed by atoms with Crippen molar-refractivity contribution >= 4 is 60.8 Å². The van der Waals surface area contributed by atoms with Crippen LogP contribution in [0, 0.1) is 0 Å². The lowest BCUT2D eigenvalue weighted by atomic mass is 9.82. The van der Waals surface area contributed by atoms with E-state index in [-0.39, 0.29) is 5.41 Å². The molecule has 2 heterocycles. The van der Waals surface area contributed by atoms with E-state index < -0.39 is 0 Å². The molecule has 1 aliphatic carbocycles. The van der Waals surface area contributed by atoms with Crippen LogP contribution in [0.5, 0.6) is 0 Å². The minimum atomic E-state index is -0.118. The Hall–Kier alpha value is -7.62. The summed E-state index contributed by atoms with van der Waals surface area (Å²) in [6.07, 6.45) is 0. The summed E-state index contributed by atoms with van der Waals surface area (Å²) in [6.45, 7) is 4.70. The van der Waals surface area contributed by atoms with Gasteiger partial charge in [-0.25, -0.2) is 0 Å². The maximum atomic E-state index is 6.84. The van der Waals surface area contributed by atoms with Crippen molar-refractivity contribution in [2.45, 2.75) is 19.3 Å². The molecule has 0 saturated heterocycles. The van der Waals surface area contributed by atoms with Gasteiger partial charge in [0.15, 0.2) is 0 Å². The minimum Gasteiger partial charge on any atom is -0.455 e. The molecule has 0 unspecified atom stereocenters. The molecule has 60 heavy (non-hydrogen) atoms. The van der Waals surface area contributed by atoms with E-state index in [1.54, 1.807) is 0 Å². The van der Waals surface area contributed by atoms with Gasteiger partial charge in [0, 0.05) is 55.3 Å². The van der Waals surface area contributed by atoms with Crippen LogP contribution in [0.25, 0.3) is 82.8 Å². The Morgan fingerprint density at radius 1 is 0.417 bits per heavy atom. The molecule has 0 spiro atoms. The number of nitrogens with zero attached hydrogens (tertiary/aromatic N) is 2. The highest BCUT2D eigenvalue weighted by Crippen LogP contribution is 2.51. The van der Waals surface area contributed by atoms with Gasteiger partial charge in [0.25, 0.3) is 0 Å². The zero-order valence-electron chi connectivity index (χ0n) is 33.4. The number of aromatic nitrogens is 1. The maximum absolute atomic E-state index is 6.84. The first-order valence-electron chi connectivity index (χ1n) is 20.8. The normalized spacial score (nSPS) is 13.0. The summed E-state index contributed by atoms with van der Waals surface area (Å²) in [5.74, 6) is 0. The molecule has 0 atom stereocenters. The number of hydrogen-bond donors (Lipinski definition) is 0. The van der Waals surface area contributed by atoms with Crippen LogP contribution in [0.15, 0.2) is 211 Å². The minimum absolute atomic E-state index is 0.118. The summed E-state index contributed by atoms with van der Waals surface area (Å²) >= 11 is 0. The third kappa shape index (κ3) is 5.15. The van der Waals surface area contributed by atoms with Crippen LogP contribution in [0.4, 0.5) is 17.1 Å². The predicted molar refractivity (Wildman–Crippen MR) is 251 cm³/mol. The van der Waals surface area contributed by atoms with Gasteiger partial charge in [-0.2, -0.15) is 0 Å². The highest BCUT2D eigenvalue weighted by Gasteiger charge is 2.35. The molecule has 0 saturated carbocycles. The smallest absolute Gasteiger partial charge is 0.144 e. The lowest BCUT2D eigenvalue weighted by molar-refractivity contribution is 0.660. The molecule has 0 fully saturated rings. The Morgan fingerprint density at radius 2 is 1.00 bits per heavy atom. The van der Waals surface area contributed by atoms with Gasteiger partial charge in [0.1, 0.15) is 11.2 Å². The molecule has 9 aromatic carbocycles. The lowest BCUT2D eigenvalue weighted by Crippen LogP contribution is -2.16. The Labute approximate surface area is 349 Å². The second-order valence-corrected chi connectivity index (χ2v) is 16.5. The van der Waals surface area contributed by atoms with Crippen molar-refractivity contribution in [3.63, 3.8) is 0 Å². The average Bonchev–Trinajstić information content (AvgIpc) is 3.93. The highest BCUT2D eigenvalue weighted by molar-refractivity contribution is 6.29. The van der Waals surface area contributed by atoms with Crippen molar-refractivity contribution in [3.05, 3.63) is 217 Å². The number of furan rings is 1. The van der Waals surface area contributed by atoms with E-state index in [4.69, 9.17) is 4.42 Å². The standard InChI is InChI=1S/C57H40N2O/c1-57(2)49-22-12-9-19-44(49)45-34-33-43(35-50(45)57)58(41-29-25-38(26-30-41)37-15-5-3-6-16-37)42-31-27-39(28-32-42)48-36-52-54(55-47-21-11-14-24-53(47)60-56(48)55)46-20-10-13-23-51(46)59(52)40-17-7-4-8-18-40/h3-36H,1-2H3. The van der Waals surface area contributed by atoms with E-state index in [9.17, 15) is 0 Å². The number of rotatable bonds is 6. The quantitative estimate of drug-likeness (QED) is 0.168. The zero-order chi connectivity index (χ0) is 40.0. The fraction of sp³-hybridized carbons (Fsp3) is 0.0526. The van der Waals surface area contributed by atoms with Crippen LogP contribution in [0.3, 0.4) is 0 Å². The number of hydrogen-bond acceptors (Lipinski definition) is 2. The van der Waals surface area contributed by atoms with E-state index in [1.165, 1.54) is 49.7 Å². The molecule has 1 aliphatic rings. The molecule has 0 aliphatic heterocycles. The SMILES string of the molecule is CC1(C)c2ccccc2-c2ccc(N(c3ccc(-c4ccccc4)cc3)c3ccc(-c4cc5c(c6ccccc6n5-c5ccccc5)c5c4oc4ccccc45)cc3)cc21. The summed E-state index contributed by atoms with van der Waals surface area (Å²) in [5.41, 5.74) is 18.4. The molecule has 12 rings (SSSR count). The van der Waals surface area contributed by atoms with Gasteiger partial charge in [-0.15, -0.1) is 0 Å². The van der Waals surface area contributed by atoms with Gasteiger partial charge in [-0.1, -0.05) is 153 Å². The molecule has 3 nitrogen and oxygen atoms in total. The number of benzene rings is 9. The monoisotopic (exact) mass is 768 g/mol. The molecule has 284 valence electrons. The van der Waals surface area contributed by atoms with Crippen LogP contribution >= 0.6 is 0 Å². The van der Waals surface area contributed by atoms with E-state index >= 15 is 0 Å². The topological polar surface area (TPSA) is 21.3 Å². The summed E-state index contributed by atoms with van der Waals surface area (Å²) in [6, 6.07) is 74.7. The molecular formula is C57H40N2O. The largest absolute Gasteiger partial charge is 0.455 e. The van der Waals surface area contributed by atoms with Crippen molar-refractivity contribution in [1.29, 1.82) is 0 Å². The van der Waals surface area contributed by atoms with Gasteiger partial charge in [-0.05, 0) is 106 Å². The van der Waals surface area contributed by atoms with Gasteiger partial charge < -0.3 is 13.9 Å². The van der Waals surface area contributed by atoms with Crippen LogP contribution in [0.2, 0.25) is 0 Å². The summed E-state index contributed by atoms with van der Waals surface area (Å²) in [7, 11) is 0. The Morgan fingerprint density at radius 3 is 1.77 bits per heavy atom. The molecular weight excluding hydrogens is 729 g/mol. The number of fused-ring (bicyclic) bond motifs is 10. The van der Waals surface area contributed by atoms with E-state index in [0.29, 0.717) is 0 Å².